The number of hydrogen-bond donors (Lipinski definition) is 0. The van der Waals surface area contributed by atoms with Crippen LogP contribution >= 0.6 is 0 Å². The minimum Gasteiger partial charge on any atom is -0.274 e. The molecule has 0 spiro atoms. The SMILES string of the molecule is C.C.CC(C)OS(C)(=O)=O.COS(C)(=O)=O.Cc1ccc(S(=O)(=O)OC(C)C)cc1. The molecule has 0 aliphatic carbocycles. The summed E-state index contributed by atoms with van der Waals surface area (Å²) in [5, 5.41) is 0. The molecule has 30 heavy (non-hydrogen) atoms. The highest BCUT2D eigenvalue weighted by Gasteiger charge is 2.16. The van der Waals surface area contributed by atoms with Gasteiger partial charge >= 0.3 is 0 Å². The first-order chi connectivity index (χ1) is 12.4. The van der Waals surface area contributed by atoms with Crippen LogP contribution < -0.4 is 0 Å². The summed E-state index contributed by atoms with van der Waals surface area (Å²) in [6, 6.07) is 6.59. The molecule has 0 bridgehead atoms. The number of benzene rings is 1. The molecule has 1 aromatic rings. The van der Waals surface area contributed by atoms with E-state index in [9.17, 15) is 25.3 Å². The van der Waals surface area contributed by atoms with Crippen LogP contribution in [-0.4, -0.2) is 57.1 Å². The highest BCUT2D eigenvalue weighted by atomic mass is 32.2. The Kier molecular flexibility index (Phi) is 19.0. The van der Waals surface area contributed by atoms with E-state index in [1.807, 2.05) is 6.92 Å². The van der Waals surface area contributed by atoms with Gasteiger partial charge in [-0.05, 0) is 46.8 Å². The van der Waals surface area contributed by atoms with Gasteiger partial charge in [0.1, 0.15) is 0 Å². The van der Waals surface area contributed by atoms with Crippen LogP contribution in [0.25, 0.3) is 0 Å². The van der Waals surface area contributed by atoms with Crippen LogP contribution in [0.3, 0.4) is 0 Å². The van der Waals surface area contributed by atoms with Gasteiger partial charge in [-0.25, -0.2) is 0 Å². The summed E-state index contributed by atoms with van der Waals surface area (Å²) in [5.41, 5.74) is 1.02. The quantitative estimate of drug-likeness (QED) is 0.546. The Morgan fingerprint density at radius 2 is 1.03 bits per heavy atom. The van der Waals surface area contributed by atoms with Crippen LogP contribution in [0.1, 0.15) is 48.1 Å². The summed E-state index contributed by atoms with van der Waals surface area (Å²) in [5.74, 6) is 0. The van der Waals surface area contributed by atoms with Crippen molar-refractivity contribution in [1.82, 2.24) is 0 Å². The van der Waals surface area contributed by atoms with Crippen LogP contribution in [0.15, 0.2) is 29.2 Å². The summed E-state index contributed by atoms with van der Waals surface area (Å²) in [4.78, 5) is 0.205. The summed E-state index contributed by atoms with van der Waals surface area (Å²) < 4.78 is 76.2. The first-order valence-corrected chi connectivity index (χ1v) is 13.1. The molecule has 0 unspecified atom stereocenters. The van der Waals surface area contributed by atoms with Crippen molar-refractivity contribution >= 4 is 30.4 Å². The van der Waals surface area contributed by atoms with E-state index in [-0.39, 0.29) is 32.0 Å². The maximum atomic E-state index is 11.5. The van der Waals surface area contributed by atoms with Gasteiger partial charge < -0.3 is 0 Å². The topological polar surface area (TPSA) is 130 Å². The molecular formula is C18H38O9S3. The van der Waals surface area contributed by atoms with E-state index in [0.29, 0.717) is 0 Å². The zero-order valence-corrected chi connectivity index (χ0v) is 19.8. The Morgan fingerprint density at radius 3 is 1.23 bits per heavy atom. The second kappa shape index (κ2) is 15.7. The third-order valence-electron chi connectivity index (χ3n) is 2.30. The van der Waals surface area contributed by atoms with Gasteiger partial charge in [-0.2, -0.15) is 25.3 Å². The van der Waals surface area contributed by atoms with Crippen LogP contribution in [0, 0.1) is 6.92 Å². The maximum absolute atomic E-state index is 11.5. The highest BCUT2D eigenvalue weighted by molar-refractivity contribution is 7.87. The summed E-state index contributed by atoms with van der Waals surface area (Å²) >= 11 is 0. The van der Waals surface area contributed by atoms with Crippen LogP contribution in [-0.2, 0) is 42.9 Å². The van der Waals surface area contributed by atoms with E-state index in [4.69, 9.17) is 4.18 Å². The van der Waals surface area contributed by atoms with Gasteiger partial charge in [-0.15, -0.1) is 0 Å². The Labute approximate surface area is 184 Å². The van der Waals surface area contributed by atoms with Gasteiger partial charge in [0.2, 0.25) is 0 Å². The lowest BCUT2D eigenvalue weighted by Crippen LogP contribution is -2.12. The molecule has 0 radical (unpaired) electrons. The second-order valence-corrected chi connectivity index (χ2v) is 11.0. The predicted octanol–water partition coefficient (Wildman–Crippen LogP) is 3.34. The number of hydrogen-bond acceptors (Lipinski definition) is 9. The van der Waals surface area contributed by atoms with Gasteiger partial charge in [-0.3, -0.25) is 12.5 Å². The lowest BCUT2D eigenvalue weighted by Gasteiger charge is -2.08. The summed E-state index contributed by atoms with van der Waals surface area (Å²) in [7, 11) is -8.84. The molecular weight excluding hydrogens is 456 g/mol. The average molecular weight is 495 g/mol. The fourth-order valence-corrected chi connectivity index (χ4v) is 3.15. The molecule has 182 valence electrons. The molecule has 12 heteroatoms. The molecule has 0 aromatic heterocycles. The fraction of sp³-hybridized carbons (Fsp3) is 0.667. The van der Waals surface area contributed by atoms with Crippen molar-refractivity contribution in [2.75, 3.05) is 19.6 Å². The largest absolute Gasteiger partial charge is 0.297 e. The zero-order chi connectivity index (χ0) is 22.8. The van der Waals surface area contributed by atoms with E-state index in [1.165, 1.54) is 0 Å². The van der Waals surface area contributed by atoms with Gasteiger partial charge in [0.15, 0.2) is 0 Å². The van der Waals surface area contributed by atoms with Gasteiger partial charge in [0, 0.05) is 0 Å². The first-order valence-electron chi connectivity index (χ1n) is 8.03. The molecule has 0 atom stereocenters. The average Bonchev–Trinajstić information content (AvgIpc) is 2.44. The van der Waals surface area contributed by atoms with E-state index in [0.717, 1.165) is 25.2 Å². The van der Waals surface area contributed by atoms with Crippen molar-refractivity contribution in [1.29, 1.82) is 0 Å². The minimum absolute atomic E-state index is 0. The van der Waals surface area contributed by atoms with Crippen molar-refractivity contribution in [2.45, 2.75) is 66.6 Å². The fourth-order valence-electron chi connectivity index (χ4n) is 1.36. The second-order valence-electron chi connectivity index (χ2n) is 6.13. The maximum Gasteiger partial charge on any atom is 0.297 e. The smallest absolute Gasteiger partial charge is 0.274 e. The predicted molar refractivity (Wildman–Crippen MR) is 121 cm³/mol. The highest BCUT2D eigenvalue weighted by Crippen LogP contribution is 2.14. The lowest BCUT2D eigenvalue weighted by atomic mass is 10.2. The van der Waals surface area contributed by atoms with E-state index < -0.39 is 30.4 Å². The Morgan fingerprint density at radius 1 is 0.700 bits per heavy atom. The molecule has 1 aromatic carbocycles. The Hall–Kier alpha value is -1.05. The van der Waals surface area contributed by atoms with E-state index >= 15 is 0 Å². The minimum atomic E-state index is -3.58. The first kappa shape index (κ1) is 36.3. The molecule has 0 aliphatic heterocycles. The van der Waals surface area contributed by atoms with Crippen LogP contribution in [0.4, 0.5) is 0 Å². The van der Waals surface area contributed by atoms with Crippen molar-refractivity contribution < 1.29 is 37.8 Å². The summed E-state index contributed by atoms with van der Waals surface area (Å²) in [6.45, 7) is 8.61. The normalized spacial score (nSPS) is 11.3. The van der Waals surface area contributed by atoms with Crippen molar-refractivity contribution in [2.24, 2.45) is 0 Å². The molecule has 0 amide bonds. The van der Waals surface area contributed by atoms with Crippen LogP contribution in [0.2, 0.25) is 0 Å². The standard InChI is InChI=1S/C10H14O3S.C4H10O3S.C2H6O3S.2CH4/c1-8(2)13-14(11,12)10-6-4-9(3)5-7-10;1-4(2)7-8(3,5)6;1-5-6(2,3)4;;/h4-8H,1-3H3;4H,1-3H3;1-2H3;2*1H4. The third kappa shape index (κ3) is 23.2. The van der Waals surface area contributed by atoms with Crippen LogP contribution in [0.5, 0.6) is 0 Å². The number of rotatable bonds is 6. The Bertz CT molecular complexity index is 869. The summed E-state index contributed by atoms with van der Waals surface area (Å²) in [6.07, 6.45) is 1.45. The lowest BCUT2D eigenvalue weighted by molar-refractivity contribution is 0.248. The molecule has 0 fully saturated rings. The van der Waals surface area contributed by atoms with Gasteiger partial charge in [-0.1, -0.05) is 32.5 Å². The van der Waals surface area contributed by atoms with Crippen molar-refractivity contribution in [3.8, 4) is 0 Å². The zero-order valence-electron chi connectivity index (χ0n) is 17.4. The van der Waals surface area contributed by atoms with E-state index in [1.54, 1.807) is 52.0 Å². The third-order valence-corrected chi connectivity index (χ3v) is 5.13. The van der Waals surface area contributed by atoms with Gasteiger partial charge in [0.25, 0.3) is 30.4 Å². The monoisotopic (exact) mass is 494 g/mol. The Balaban J connectivity index is -0.000000182. The molecule has 0 aliphatic rings. The van der Waals surface area contributed by atoms with Crippen molar-refractivity contribution in [3.63, 3.8) is 0 Å². The molecule has 9 nitrogen and oxygen atoms in total. The number of aryl methyl sites for hydroxylation is 1. The molecule has 0 saturated heterocycles. The molecule has 0 heterocycles. The van der Waals surface area contributed by atoms with E-state index in [2.05, 4.69) is 8.37 Å². The molecule has 0 saturated carbocycles. The molecule has 0 N–H and O–H groups in total. The van der Waals surface area contributed by atoms with Crippen molar-refractivity contribution in [3.05, 3.63) is 29.8 Å². The van der Waals surface area contributed by atoms with Gasteiger partial charge in [0.05, 0.1) is 36.7 Å². The molecule has 1 rings (SSSR count).